The first-order valence-corrected chi connectivity index (χ1v) is 6.98. The van der Waals surface area contributed by atoms with Gasteiger partial charge >= 0.3 is 5.97 Å². The molecule has 0 unspecified atom stereocenters. The number of nitrogens with zero attached hydrogens (tertiary/aromatic N) is 2. The van der Waals surface area contributed by atoms with E-state index in [9.17, 15) is 4.79 Å². The van der Waals surface area contributed by atoms with Crippen molar-refractivity contribution < 1.29 is 9.53 Å². The van der Waals surface area contributed by atoms with Crippen LogP contribution in [-0.4, -0.2) is 17.7 Å². The Bertz CT molecular complexity index is 785. The van der Waals surface area contributed by atoms with Crippen LogP contribution in [0, 0.1) is 6.92 Å². The number of cyclic esters (lactones) is 1. The lowest BCUT2D eigenvalue weighted by Crippen LogP contribution is -2.11. The molecule has 0 fully saturated rings. The third-order valence-electron chi connectivity index (χ3n) is 3.15. The highest BCUT2D eigenvalue weighted by molar-refractivity contribution is 6.43. The number of nitrogens with one attached hydrogen (secondary N) is 1. The van der Waals surface area contributed by atoms with Gasteiger partial charge in [0.05, 0.1) is 5.69 Å². The van der Waals surface area contributed by atoms with Crippen LogP contribution in [0.4, 0.5) is 5.69 Å². The number of hydrogen-bond acceptors (Lipinski definition) is 4. The molecular weight excluding hydrogens is 302 g/mol. The highest BCUT2D eigenvalue weighted by Crippen LogP contribution is 2.23. The monoisotopic (exact) mass is 313 g/mol. The Labute approximate surface area is 132 Å². The van der Waals surface area contributed by atoms with E-state index in [-0.39, 0.29) is 11.7 Å². The van der Waals surface area contributed by atoms with Crippen LogP contribution in [0.25, 0.3) is 0 Å². The molecule has 110 valence electrons. The normalized spacial score (nSPS) is 15.6. The van der Waals surface area contributed by atoms with Gasteiger partial charge in [0.2, 0.25) is 5.90 Å². The molecule has 0 aromatic heterocycles. The van der Waals surface area contributed by atoms with E-state index in [0.29, 0.717) is 10.7 Å². The second-order valence-corrected chi connectivity index (χ2v) is 5.04. The van der Waals surface area contributed by atoms with Crippen LogP contribution in [0.2, 0.25) is 5.02 Å². The first-order chi connectivity index (χ1) is 10.6. The maximum atomic E-state index is 11.8. The van der Waals surface area contributed by atoms with Crippen molar-refractivity contribution >= 4 is 35.0 Å². The SMILES string of the molecule is Cc1c(Cl)cccc1N/N=C1/N=C(c2ccccc2)OC1=O. The smallest absolute Gasteiger partial charge is 0.385 e. The molecule has 0 saturated carbocycles. The lowest BCUT2D eigenvalue weighted by atomic mass is 10.2. The van der Waals surface area contributed by atoms with Crippen LogP contribution in [0.1, 0.15) is 11.1 Å². The van der Waals surface area contributed by atoms with Gasteiger partial charge in [0.1, 0.15) is 0 Å². The van der Waals surface area contributed by atoms with Crippen molar-refractivity contribution in [3.05, 3.63) is 64.7 Å². The molecule has 22 heavy (non-hydrogen) atoms. The summed E-state index contributed by atoms with van der Waals surface area (Å²) in [6.07, 6.45) is 0. The number of rotatable bonds is 3. The van der Waals surface area contributed by atoms with Crippen molar-refractivity contribution in [3.8, 4) is 0 Å². The second-order valence-electron chi connectivity index (χ2n) is 4.63. The van der Waals surface area contributed by atoms with Gasteiger partial charge in [-0.1, -0.05) is 35.9 Å². The van der Waals surface area contributed by atoms with E-state index in [1.807, 2.05) is 43.3 Å². The summed E-state index contributed by atoms with van der Waals surface area (Å²) in [5.74, 6) is -0.377. The number of amidine groups is 1. The van der Waals surface area contributed by atoms with Crippen LogP contribution in [-0.2, 0) is 9.53 Å². The summed E-state index contributed by atoms with van der Waals surface area (Å²) in [6, 6.07) is 14.6. The largest absolute Gasteiger partial charge is 0.401 e. The van der Waals surface area contributed by atoms with Crippen molar-refractivity contribution in [2.24, 2.45) is 10.1 Å². The first kappa shape index (κ1) is 14.3. The molecule has 2 aromatic carbocycles. The predicted molar refractivity (Wildman–Crippen MR) is 86.3 cm³/mol. The molecule has 6 heteroatoms. The lowest BCUT2D eigenvalue weighted by Gasteiger charge is -2.05. The number of carbonyl (C=O) groups is 1. The third-order valence-corrected chi connectivity index (χ3v) is 3.56. The van der Waals surface area contributed by atoms with Gasteiger partial charge in [-0.2, -0.15) is 4.99 Å². The highest BCUT2D eigenvalue weighted by Gasteiger charge is 2.25. The van der Waals surface area contributed by atoms with E-state index in [4.69, 9.17) is 16.3 Å². The van der Waals surface area contributed by atoms with E-state index in [1.54, 1.807) is 12.1 Å². The molecule has 2 aromatic rings. The molecule has 0 aliphatic carbocycles. The quantitative estimate of drug-likeness (QED) is 0.698. The maximum absolute atomic E-state index is 11.8. The van der Waals surface area contributed by atoms with Crippen molar-refractivity contribution in [3.63, 3.8) is 0 Å². The van der Waals surface area contributed by atoms with Crippen LogP contribution in [0.5, 0.6) is 0 Å². The minimum absolute atomic E-state index is 0.0294. The van der Waals surface area contributed by atoms with Crippen LogP contribution >= 0.6 is 11.6 Å². The molecule has 1 aliphatic heterocycles. The summed E-state index contributed by atoms with van der Waals surface area (Å²) in [5.41, 5.74) is 5.06. The third kappa shape index (κ3) is 2.84. The fourth-order valence-electron chi connectivity index (χ4n) is 1.91. The summed E-state index contributed by atoms with van der Waals surface area (Å²) in [4.78, 5) is 15.9. The Morgan fingerprint density at radius 3 is 2.68 bits per heavy atom. The number of hydrogen-bond donors (Lipinski definition) is 1. The number of halogens is 1. The number of esters is 1. The van der Waals surface area contributed by atoms with Crippen molar-refractivity contribution in [2.75, 3.05) is 5.43 Å². The van der Waals surface area contributed by atoms with Crippen molar-refractivity contribution in [2.45, 2.75) is 6.92 Å². The number of anilines is 1. The van der Waals surface area contributed by atoms with Gasteiger partial charge in [-0.3, -0.25) is 5.43 Å². The van der Waals surface area contributed by atoms with Gasteiger partial charge in [-0.15, -0.1) is 5.10 Å². The van der Waals surface area contributed by atoms with Crippen LogP contribution in [0.15, 0.2) is 58.6 Å². The molecule has 0 bridgehead atoms. The topological polar surface area (TPSA) is 63.1 Å². The number of benzene rings is 2. The maximum Gasteiger partial charge on any atom is 0.385 e. The Morgan fingerprint density at radius 2 is 1.91 bits per heavy atom. The molecule has 0 saturated heterocycles. The standard InChI is InChI=1S/C16H12ClN3O2/c1-10-12(17)8-5-9-13(10)19-20-14-16(21)22-15(18-14)11-6-3-2-4-7-11/h2-9,19H,1H3/b20-14+. The minimum atomic E-state index is -0.592. The van der Waals surface area contributed by atoms with Gasteiger partial charge in [-0.25, -0.2) is 4.79 Å². The molecule has 0 spiro atoms. The molecule has 0 amide bonds. The molecule has 0 radical (unpaired) electrons. The molecule has 5 nitrogen and oxygen atoms in total. The fraction of sp³-hybridized carbons (Fsp3) is 0.0625. The first-order valence-electron chi connectivity index (χ1n) is 6.60. The van der Waals surface area contributed by atoms with Crippen LogP contribution < -0.4 is 5.43 Å². The van der Waals surface area contributed by atoms with Crippen LogP contribution in [0.3, 0.4) is 0 Å². The average molecular weight is 314 g/mol. The van der Waals surface area contributed by atoms with E-state index in [1.165, 1.54) is 0 Å². The highest BCUT2D eigenvalue weighted by atomic mass is 35.5. The lowest BCUT2D eigenvalue weighted by molar-refractivity contribution is -0.127. The van der Waals surface area contributed by atoms with Gasteiger partial charge in [0, 0.05) is 10.6 Å². The molecule has 3 rings (SSSR count). The molecule has 0 atom stereocenters. The Balaban J connectivity index is 1.84. The van der Waals surface area contributed by atoms with Gasteiger partial charge in [-0.05, 0) is 36.8 Å². The van der Waals surface area contributed by atoms with Crippen molar-refractivity contribution in [1.29, 1.82) is 0 Å². The van der Waals surface area contributed by atoms with E-state index < -0.39 is 5.97 Å². The number of aliphatic imine (C=N–C) groups is 1. The summed E-state index contributed by atoms with van der Waals surface area (Å²) < 4.78 is 5.12. The Hall–Kier alpha value is -2.66. The van der Waals surface area contributed by atoms with Gasteiger partial charge in [0.25, 0.3) is 5.84 Å². The Kier molecular flexibility index (Phi) is 3.89. The predicted octanol–water partition coefficient (Wildman–Crippen LogP) is 3.38. The van der Waals surface area contributed by atoms with Crippen molar-refractivity contribution in [1.82, 2.24) is 0 Å². The molecule has 1 N–H and O–H groups in total. The summed E-state index contributed by atoms with van der Waals surface area (Å²) in [6.45, 7) is 1.86. The van der Waals surface area contributed by atoms with Gasteiger partial charge in [0.15, 0.2) is 0 Å². The summed E-state index contributed by atoms with van der Waals surface area (Å²) >= 11 is 6.03. The number of ether oxygens (including phenoxy) is 1. The fourth-order valence-corrected chi connectivity index (χ4v) is 2.09. The number of hydrazone groups is 1. The summed E-state index contributed by atoms with van der Waals surface area (Å²) in [5, 5.41) is 4.62. The van der Waals surface area contributed by atoms with E-state index in [0.717, 1.165) is 11.1 Å². The zero-order valence-electron chi connectivity index (χ0n) is 11.7. The average Bonchev–Trinajstić information content (AvgIpc) is 2.91. The zero-order chi connectivity index (χ0) is 15.5. The number of carbonyl (C=O) groups excluding carboxylic acids is 1. The Morgan fingerprint density at radius 1 is 1.14 bits per heavy atom. The second kappa shape index (κ2) is 5.99. The summed E-state index contributed by atoms with van der Waals surface area (Å²) in [7, 11) is 0. The van der Waals surface area contributed by atoms with E-state index >= 15 is 0 Å². The zero-order valence-corrected chi connectivity index (χ0v) is 12.5. The van der Waals surface area contributed by atoms with Gasteiger partial charge < -0.3 is 4.74 Å². The minimum Gasteiger partial charge on any atom is -0.401 e. The molecule has 1 heterocycles. The van der Waals surface area contributed by atoms with E-state index in [2.05, 4.69) is 15.5 Å². The molecular formula is C16H12ClN3O2. The molecule has 1 aliphatic rings.